The van der Waals surface area contributed by atoms with Crippen molar-refractivity contribution in [2.75, 3.05) is 31.5 Å². The molecule has 1 aliphatic rings. The highest BCUT2D eigenvalue weighted by molar-refractivity contribution is 6.02. The number of carbonyl (C=O) groups excluding carboxylic acids is 1. The summed E-state index contributed by atoms with van der Waals surface area (Å²) < 4.78 is 22.7. The molecule has 35 heavy (non-hydrogen) atoms. The largest absolute Gasteiger partial charge is 0.487 e. The Bertz CT molecular complexity index is 1240. The molecule has 0 N–H and O–H groups in total. The lowest BCUT2D eigenvalue weighted by molar-refractivity contribution is 0.0526. The molecule has 6 nitrogen and oxygen atoms in total. The highest BCUT2D eigenvalue weighted by Gasteiger charge is 2.27. The Morgan fingerprint density at radius 2 is 1.83 bits per heavy atom. The second-order valence-corrected chi connectivity index (χ2v) is 7.89. The third-order valence-corrected chi connectivity index (χ3v) is 5.68. The van der Waals surface area contributed by atoms with Crippen LogP contribution in [0.4, 0.5) is 11.4 Å². The number of anilines is 2. The predicted octanol–water partition coefficient (Wildman–Crippen LogP) is 6.46. The Kier molecular flexibility index (Phi) is 7.41. The number of rotatable bonds is 10. The molecule has 0 saturated carbocycles. The van der Waals surface area contributed by atoms with Crippen molar-refractivity contribution in [1.29, 1.82) is 0 Å². The van der Waals surface area contributed by atoms with Crippen LogP contribution < -0.4 is 19.1 Å². The topological polar surface area (TPSA) is 57.2 Å². The third-order valence-electron chi connectivity index (χ3n) is 5.68. The number of hydrogen-bond donors (Lipinski definition) is 0. The summed E-state index contributed by atoms with van der Waals surface area (Å²) in [5.74, 6) is 1.52. The molecule has 1 heterocycles. The monoisotopic (exact) mass is 471 g/mol. The van der Waals surface area contributed by atoms with Crippen molar-refractivity contribution in [3.63, 3.8) is 0 Å². The summed E-state index contributed by atoms with van der Waals surface area (Å²) in [6.07, 6.45) is 3.51. The molecule has 0 aromatic heterocycles. The molecular weight excluding hydrogens is 442 g/mol. The van der Waals surface area contributed by atoms with Gasteiger partial charge in [0.25, 0.3) is 0 Å². The summed E-state index contributed by atoms with van der Waals surface area (Å²) in [5, 5.41) is 0. The SMILES string of the molecule is C=CCOc1cc(-c2ccc3c(c2)OCO3)c(C(=O)OCC)c(C)c1N(CC=C)c1ccccc1. The molecule has 0 spiro atoms. The van der Waals surface area contributed by atoms with Gasteiger partial charge in [0.05, 0.1) is 17.9 Å². The minimum Gasteiger partial charge on any atom is -0.487 e. The van der Waals surface area contributed by atoms with Gasteiger partial charge in [-0.15, -0.1) is 6.58 Å². The van der Waals surface area contributed by atoms with Crippen molar-refractivity contribution >= 4 is 17.3 Å². The van der Waals surface area contributed by atoms with E-state index in [-0.39, 0.29) is 13.4 Å². The number of hydrogen-bond acceptors (Lipinski definition) is 6. The van der Waals surface area contributed by atoms with E-state index >= 15 is 0 Å². The van der Waals surface area contributed by atoms with Gasteiger partial charge in [0.1, 0.15) is 12.4 Å². The van der Waals surface area contributed by atoms with Gasteiger partial charge < -0.3 is 23.8 Å². The lowest BCUT2D eigenvalue weighted by atomic mass is 9.93. The number of esters is 1. The van der Waals surface area contributed by atoms with Crippen molar-refractivity contribution in [2.45, 2.75) is 13.8 Å². The molecule has 0 atom stereocenters. The van der Waals surface area contributed by atoms with Crippen molar-refractivity contribution < 1.29 is 23.7 Å². The zero-order valence-corrected chi connectivity index (χ0v) is 20.1. The minimum absolute atomic E-state index is 0.169. The van der Waals surface area contributed by atoms with E-state index in [0.717, 1.165) is 22.5 Å². The molecule has 4 rings (SSSR count). The summed E-state index contributed by atoms with van der Waals surface area (Å²) in [4.78, 5) is 15.4. The Hall–Kier alpha value is -4.19. The number of fused-ring (bicyclic) bond motifs is 1. The second kappa shape index (κ2) is 10.8. The highest BCUT2D eigenvalue weighted by atomic mass is 16.7. The smallest absolute Gasteiger partial charge is 0.339 e. The highest BCUT2D eigenvalue weighted by Crippen LogP contribution is 2.45. The van der Waals surface area contributed by atoms with Crippen molar-refractivity contribution in [2.24, 2.45) is 0 Å². The van der Waals surface area contributed by atoms with E-state index in [1.165, 1.54) is 0 Å². The quantitative estimate of drug-likeness (QED) is 0.250. The Balaban J connectivity index is 1.99. The van der Waals surface area contributed by atoms with Crippen molar-refractivity contribution in [1.82, 2.24) is 0 Å². The molecule has 1 aliphatic heterocycles. The number of ether oxygens (including phenoxy) is 4. The van der Waals surface area contributed by atoms with Crippen LogP contribution in [0.25, 0.3) is 11.1 Å². The van der Waals surface area contributed by atoms with Gasteiger partial charge in [-0.05, 0) is 55.3 Å². The molecule has 3 aromatic carbocycles. The van der Waals surface area contributed by atoms with Crippen molar-refractivity contribution in [3.8, 4) is 28.4 Å². The first-order valence-electron chi connectivity index (χ1n) is 11.5. The fraction of sp³-hybridized carbons (Fsp3) is 0.207. The molecular formula is C29H29NO5. The Morgan fingerprint density at radius 1 is 1.06 bits per heavy atom. The van der Waals surface area contributed by atoms with Crippen LogP contribution in [-0.2, 0) is 4.74 Å². The average Bonchev–Trinajstić information content (AvgIpc) is 3.35. The summed E-state index contributed by atoms with van der Waals surface area (Å²) in [6.45, 7) is 12.7. The molecule has 0 amide bonds. The Morgan fingerprint density at radius 3 is 2.54 bits per heavy atom. The van der Waals surface area contributed by atoms with Gasteiger partial charge in [-0.1, -0.05) is 43.0 Å². The van der Waals surface area contributed by atoms with Gasteiger partial charge in [0.2, 0.25) is 6.79 Å². The summed E-state index contributed by atoms with van der Waals surface area (Å²) in [5.41, 5.74) is 4.41. The molecule has 180 valence electrons. The third kappa shape index (κ3) is 4.87. The molecule has 3 aromatic rings. The van der Waals surface area contributed by atoms with Crippen LogP contribution in [0.5, 0.6) is 17.2 Å². The van der Waals surface area contributed by atoms with Crippen LogP contribution in [0, 0.1) is 6.92 Å². The first kappa shape index (κ1) is 24.0. The van der Waals surface area contributed by atoms with Gasteiger partial charge in [0.15, 0.2) is 11.5 Å². The van der Waals surface area contributed by atoms with Crippen LogP contribution in [-0.4, -0.2) is 32.5 Å². The van der Waals surface area contributed by atoms with Gasteiger partial charge in [-0.2, -0.15) is 0 Å². The van der Waals surface area contributed by atoms with Crippen LogP contribution in [0.15, 0.2) is 79.9 Å². The van der Waals surface area contributed by atoms with Crippen LogP contribution in [0.3, 0.4) is 0 Å². The standard InChI is InChI=1S/C29H29NO5/c1-5-15-30(22-11-9-8-10-12-22)28-20(4)27(29(31)32-7-3)23(18-26(28)33-16-6-2)21-13-14-24-25(17-21)35-19-34-24/h5-6,8-14,17-18H,1-2,7,15-16,19H2,3-4H3. The van der Waals surface area contributed by atoms with Gasteiger partial charge in [0, 0.05) is 17.8 Å². The number of benzene rings is 3. The molecule has 0 fully saturated rings. The van der Waals surface area contributed by atoms with Gasteiger partial charge in [-0.3, -0.25) is 0 Å². The Labute approximate surface area is 206 Å². The molecule has 0 unspecified atom stereocenters. The number of carbonyl (C=O) groups is 1. The summed E-state index contributed by atoms with van der Waals surface area (Å²) in [7, 11) is 0. The maximum absolute atomic E-state index is 13.3. The van der Waals surface area contributed by atoms with Crippen LogP contribution in [0.1, 0.15) is 22.8 Å². The zero-order valence-electron chi connectivity index (χ0n) is 20.1. The lowest BCUT2D eigenvalue weighted by Crippen LogP contribution is -2.21. The van der Waals surface area contributed by atoms with E-state index in [1.54, 1.807) is 13.0 Å². The lowest BCUT2D eigenvalue weighted by Gasteiger charge is -2.29. The maximum atomic E-state index is 13.3. The summed E-state index contributed by atoms with van der Waals surface area (Å²) >= 11 is 0. The van der Waals surface area contributed by atoms with Crippen LogP contribution in [0.2, 0.25) is 0 Å². The zero-order chi connectivity index (χ0) is 24.8. The van der Waals surface area contributed by atoms with E-state index in [4.69, 9.17) is 18.9 Å². The maximum Gasteiger partial charge on any atom is 0.339 e. The molecule has 6 heteroatoms. The number of nitrogens with zero attached hydrogens (tertiary/aromatic N) is 1. The van der Waals surface area contributed by atoms with Crippen molar-refractivity contribution in [3.05, 3.63) is 91.0 Å². The fourth-order valence-electron chi connectivity index (χ4n) is 4.19. The molecule has 0 aliphatic carbocycles. The first-order chi connectivity index (χ1) is 17.1. The van der Waals surface area contributed by atoms with E-state index in [9.17, 15) is 4.79 Å². The van der Waals surface area contributed by atoms with Gasteiger partial charge >= 0.3 is 5.97 Å². The minimum atomic E-state index is -0.402. The average molecular weight is 472 g/mol. The van der Waals surface area contributed by atoms with E-state index < -0.39 is 5.97 Å². The molecule has 0 saturated heterocycles. The molecule has 0 radical (unpaired) electrons. The van der Waals surface area contributed by atoms with Gasteiger partial charge in [-0.25, -0.2) is 4.79 Å². The normalized spacial score (nSPS) is 11.6. The van der Waals surface area contributed by atoms with E-state index in [0.29, 0.717) is 41.5 Å². The summed E-state index contributed by atoms with van der Waals surface area (Å²) in [6, 6.07) is 17.4. The second-order valence-electron chi connectivity index (χ2n) is 7.89. The van der Waals surface area contributed by atoms with E-state index in [2.05, 4.69) is 18.1 Å². The number of para-hydroxylation sites is 1. The van der Waals surface area contributed by atoms with Crippen LogP contribution >= 0.6 is 0 Å². The fourth-order valence-corrected chi connectivity index (χ4v) is 4.19. The van der Waals surface area contributed by atoms with E-state index in [1.807, 2.05) is 67.6 Å². The predicted molar refractivity (Wildman–Crippen MR) is 138 cm³/mol. The first-order valence-corrected chi connectivity index (χ1v) is 11.5. The molecule has 0 bridgehead atoms.